The Morgan fingerprint density at radius 2 is 2.36 bits per heavy atom. The van der Waals surface area contributed by atoms with E-state index in [-0.39, 0.29) is 58.2 Å². The van der Waals surface area contributed by atoms with Crippen LogP contribution in [0.25, 0.3) is 11.1 Å². The first kappa shape index (κ1) is 14.5. The fourth-order valence-electron chi connectivity index (χ4n) is 1.19. The normalized spacial score (nSPS) is 27.2. The Balaban J connectivity index is 0.00000169. The largest absolute Gasteiger partial charge is 0.674 e. The molecule has 0 amide bonds. The molecule has 0 aromatic rings. The van der Waals surface area contributed by atoms with E-state index in [9.17, 15) is 0 Å². The standard InChI is InChI=1S/C9H16N2O2.Y/c1-7(4-10)5-11-9-3-2-8(6-12)13-9;/h5,8-10,12H,2-4,6H2,1H3;/q-2;/b7-5-;. The van der Waals surface area contributed by atoms with Gasteiger partial charge < -0.3 is 20.9 Å². The molecule has 0 aliphatic carbocycles. The van der Waals surface area contributed by atoms with E-state index in [1.54, 1.807) is 6.20 Å². The number of aliphatic hydroxyl groups excluding tert-OH is 1. The third kappa shape index (κ3) is 4.85. The molecule has 1 fully saturated rings. The number of rotatable bonds is 4. The Bertz CT molecular complexity index is 188. The minimum atomic E-state index is -0.112. The second-order valence-corrected chi connectivity index (χ2v) is 3.27. The zero-order valence-electron chi connectivity index (χ0n) is 8.44. The smallest absolute Gasteiger partial charge is 0.0789 e. The summed E-state index contributed by atoms with van der Waals surface area (Å²) < 4.78 is 5.38. The van der Waals surface area contributed by atoms with E-state index < -0.39 is 0 Å². The van der Waals surface area contributed by atoms with Crippen molar-refractivity contribution in [3.05, 3.63) is 22.8 Å². The second-order valence-electron chi connectivity index (χ2n) is 3.27. The van der Waals surface area contributed by atoms with Crippen LogP contribution in [0.15, 0.2) is 11.8 Å². The summed E-state index contributed by atoms with van der Waals surface area (Å²) in [5.74, 6) is 0. The van der Waals surface area contributed by atoms with Crippen LogP contribution in [-0.2, 0) is 37.4 Å². The number of ether oxygens (including phenoxy) is 1. The fraction of sp³-hybridized carbons (Fsp3) is 0.778. The zero-order valence-corrected chi connectivity index (χ0v) is 11.3. The summed E-state index contributed by atoms with van der Waals surface area (Å²) in [4.78, 5) is 0. The van der Waals surface area contributed by atoms with Crippen molar-refractivity contribution in [2.24, 2.45) is 0 Å². The fourth-order valence-corrected chi connectivity index (χ4v) is 1.19. The van der Waals surface area contributed by atoms with Crippen molar-refractivity contribution < 1.29 is 42.6 Å². The van der Waals surface area contributed by atoms with Crippen molar-refractivity contribution in [1.82, 2.24) is 0 Å². The molecule has 79 valence electrons. The predicted octanol–water partition coefficient (Wildman–Crippen LogP) is 1.81. The Labute approximate surface area is 110 Å². The van der Waals surface area contributed by atoms with Gasteiger partial charge in [-0.15, -0.1) is 12.1 Å². The number of aliphatic hydroxyl groups is 1. The predicted molar refractivity (Wildman–Crippen MR) is 51.3 cm³/mol. The average Bonchev–Trinajstić information content (AvgIpc) is 2.61. The van der Waals surface area contributed by atoms with Crippen LogP contribution in [-0.4, -0.2) is 30.6 Å². The van der Waals surface area contributed by atoms with Crippen LogP contribution in [0.3, 0.4) is 0 Å². The van der Waals surface area contributed by atoms with E-state index in [1.165, 1.54) is 0 Å². The van der Waals surface area contributed by atoms with Gasteiger partial charge in [0.1, 0.15) is 0 Å². The van der Waals surface area contributed by atoms with Gasteiger partial charge in [0.05, 0.1) is 12.7 Å². The summed E-state index contributed by atoms with van der Waals surface area (Å²) in [5.41, 5.74) is 7.98. The molecule has 5 heteroatoms. The minimum absolute atomic E-state index is 0. The summed E-state index contributed by atoms with van der Waals surface area (Å²) in [6.45, 7) is 2.22. The van der Waals surface area contributed by atoms with Gasteiger partial charge in [0, 0.05) is 32.7 Å². The first-order chi connectivity index (χ1) is 6.26. The molecule has 0 bridgehead atoms. The molecule has 14 heavy (non-hydrogen) atoms. The van der Waals surface area contributed by atoms with Crippen LogP contribution in [0.1, 0.15) is 19.8 Å². The van der Waals surface area contributed by atoms with Gasteiger partial charge in [0.25, 0.3) is 0 Å². The van der Waals surface area contributed by atoms with Crippen LogP contribution >= 0.6 is 0 Å². The van der Waals surface area contributed by atoms with Crippen molar-refractivity contribution in [3.63, 3.8) is 0 Å². The number of nitrogens with zero attached hydrogens (tertiary/aromatic N) is 1. The van der Waals surface area contributed by atoms with Crippen molar-refractivity contribution in [1.29, 1.82) is 0 Å². The molecule has 1 rings (SSSR count). The SMILES string of the molecule is C/C(=C/[N-]C1CCC(CO)O1)C[NH-].[Y]. The van der Waals surface area contributed by atoms with Crippen molar-refractivity contribution >= 4 is 0 Å². The third-order valence-electron chi connectivity index (χ3n) is 2.03. The maximum atomic E-state index is 8.80. The molecule has 0 saturated carbocycles. The van der Waals surface area contributed by atoms with Gasteiger partial charge in [-0.2, -0.15) is 6.20 Å². The maximum Gasteiger partial charge on any atom is 0.0789 e. The molecule has 0 aromatic carbocycles. The molecule has 0 spiro atoms. The molecule has 2 unspecified atom stereocenters. The summed E-state index contributed by atoms with van der Waals surface area (Å²) >= 11 is 0. The van der Waals surface area contributed by atoms with E-state index in [4.69, 9.17) is 15.6 Å². The molecule has 1 aliphatic heterocycles. The number of hydrogen-bond donors (Lipinski definition) is 1. The van der Waals surface area contributed by atoms with E-state index in [2.05, 4.69) is 5.32 Å². The summed E-state index contributed by atoms with van der Waals surface area (Å²) in [7, 11) is 0. The van der Waals surface area contributed by atoms with Crippen LogP contribution in [0.5, 0.6) is 0 Å². The van der Waals surface area contributed by atoms with Gasteiger partial charge >= 0.3 is 0 Å². The second kappa shape index (κ2) is 7.77. The average molecular weight is 273 g/mol. The molecule has 0 aromatic heterocycles. The van der Waals surface area contributed by atoms with Crippen LogP contribution in [0, 0.1) is 0 Å². The molecule has 2 atom stereocenters. The van der Waals surface area contributed by atoms with E-state index in [1.807, 2.05) is 6.92 Å². The summed E-state index contributed by atoms with van der Waals surface area (Å²) in [5, 5.41) is 13.0. The Morgan fingerprint density at radius 1 is 1.64 bits per heavy atom. The molecule has 1 heterocycles. The Kier molecular flexibility index (Phi) is 8.06. The monoisotopic (exact) mass is 273 g/mol. The van der Waals surface area contributed by atoms with E-state index in [0.29, 0.717) is 0 Å². The quantitative estimate of drug-likeness (QED) is 0.848. The zero-order chi connectivity index (χ0) is 9.68. The van der Waals surface area contributed by atoms with Gasteiger partial charge in [-0.1, -0.05) is 0 Å². The van der Waals surface area contributed by atoms with Gasteiger partial charge in [0.15, 0.2) is 0 Å². The van der Waals surface area contributed by atoms with Gasteiger partial charge in [0.2, 0.25) is 0 Å². The first-order valence-corrected chi connectivity index (χ1v) is 4.52. The molecule has 4 nitrogen and oxygen atoms in total. The topological polar surface area (TPSA) is 67.4 Å². The van der Waals surface area contributed by atoms with Gasteiger partial charge in [-0.3, -0.25) is 0 Å². The molecule has 1 radical (unpaired) electrons. The maximum absolute atomic E-state index is 8.80. The number of nitrogens with one attached hydrogen (secondary N) is 1. The number of hydrogen-bond acceptors (Lipinski definition) is 2. The van der Waals surface area contributed by atoms with E-state index >= 15 is 0 Å². The Morgan fingerprint density at radius 3 is 2.86 bits per heavy atom. The minimum Gasteiger partial charge on any atom is -0.674 e. The van der Waals surface area contributed by atoms with Crippen LogP contribution in [0.4, 0.5) is 0 Å². The molecule has 2 N–H and O–H groups in total. The van der Waals surface area contributed by atoms with Crippen LogP contribution in [0.2, 0.25) is 0 Å². The van der Waals surface area contributed by atoms with Gasteiger partial charge in [-0.05, 0) is 26.0 Å². The molecule has 1 aliphatic rings. The van der Waals surface area contributed by atoms with Gasteiger partial charge in [-0.25, -0.2) is 0 Å². The first-order valence-electron chi connectivity index (χ1n) is 4.52. The molecular weight excluding hydrogens is 257 g/mol. The third-order valence-corrected chi connectivity index (χ3v) is 2.03. The van der Waals surface area contributed by atoms with Crippen LogP contribution < -0.4 is 0 Å². The Hall–Kier alpha value is 0.524. The summed E-state index contributed by atoms with van der Waals surface area (Å²) in [6.07, 6.45) is 3.28. The van der Waals surface area contributed by atoms with E-state index in [0.717, 1.165) is 18.4 Å². The van der Waals surface area contributed by atoms with Crippen molar-refractivity contribution in [3.8, 4) is 0 Å². The molecule has 1 saturated heterocycles. The van der Waals surface area contributed by atoms with Crippen molar-refractivity contribution in [2.45, 2.75) is 32.1 Å². The summed E-state index contributed by atoms with van der Waals surface area (Å²) in [6, 6.07) is 0. The van der Waals surface area contributed by atoms with Crippen molar-refractivity contribution in [2.75, 3.05) is 13.2 Å². The molecular formula is C9H16N2O2Y-2.